The van der Waals surface area contributed by atoms with Crippen LogP contribution in [0.2, 0.25) is 5.02 Å². The monoisotopic (exact) mass is 331 g/mol. The molecule has 1 saturated heterocycles. The van der Waals surface area contributed by atoms with Crippen LogP contribution in [0.25, 0.3) is 11.3 Å². The maximum atomic E-state index is 11.8. The third-order valence-electron chi connectivity index (χ3n) is 4.12. The summed E-state index contributed by atoms with van der Waals surface area (Å²) in [4.78, 5) is 22.5. The van der Waals surface area contributed by atoms with E-state index in [4.69, 9.17) is 16.7 Å². The molecule has 2 heterocycles. The van der Waals surface area contributed by atoms with E-state index >= 15 is 0 Å². The number of amides is 1. The molecule has 1 aromatic heterocycles. The average molecular weight is 332 g/mol. The molecular weight excluding hydrogens is 314 g/mol. The van der Waals surface area contributed by atoms with Crippen molar-refractivity contribution in [2.24, 2.45) is 0 Å². The molecule has 120 valence electrons. The van der Waals surface area contributed by atoms with Gasteiger partial charge in [-0.05, 0) is 25.0 Å². The Balaban J connectivity index is 1.93. The minimum atomic E-state index is -0.450. The summed E-state index contributed by atoms with van der Waals surface area (Å²) in [5, 5.41) is 9.73. The van der Waals surface area contributed by atoms with Crippen LogP contribution in [0.5, 0.6) is 0 Å². The van der Waals surface area contributed by atoms with Crippen LogP contribution in [0.1, 0.15) is 24.5 Å². The summed E-state index contributed by atoms with van der Waals surface area (Å²) in [6, 6.07) is 7.54. The number of likely N-dealkylation sites (tertiary alicyclic amines) is 1. The summed E-state index contributed by atoms with van der Waals surface area (Å²) in [7, 11) is 0. The number of aliphatic hydroxyl groups excluding tert-OH is 1. The third kappa shape index (κ3) is 3.51. The molecule has 0 unspecified atom stereocenters. The molecule has 0 aliphatic carbocycles. The Labute approximate surface area is 139 Å². The third-order valence-corrected chi connectivity index (χ3v) is 4.36. The lowest BCUT2D eigenvalue weighted by Crippen LogP contribution is -2.40. The highest BCUT2D eigenvalue weighted by Gasteiger charge is 2.27. The molecule has 2 aromatic rings. The van der Waals surface area contributed by atoms with Gasteiger partial charge in [0.05, 0.1) is 11.4 Å². The normalized spacial score (nSPS) is 18.0. The second kappa shape index (κ2) is 7.06. The van der Waals surface area contributed by atoms with Crippen molar-refractivity contribution < 1.29 is 9.90 Å². The summed E-state index contributed by atoms with van der Waals surface area (Å²) in [6.07, 6.45) is 5.18. The van der Waals surface area contributed by atoms with Gasteiger partial charge in [-0.25, -0.2) is 0 Å². The maximum absolute atomic E-state index is 11.8. The summed E-state index contributed by atoms with van der Waals surface area (Å²) in [5.74, 6) is -0.121. The van der Waals surface area contributed by atoms with Gasteiger partial charge in [0, 0.05) is 42.0 Å². The zero-order valence-electron chi connectivity index (χ0n) is 12.7. The van der Waals surface area contributed by atoms with Crippen molar-refractivity contribution in [1.29, 1.82) is 0 Å². The van der Waals surface area contributed by atoms with Crippen LogP contribution < -0.4 is 0 Å². The molecule has 5 nitrogen and oxygen atoms in total. The maximum Gasteiger partial charge on any atom is 0.248 e. The molecule has 1 atom stereocenters. The van der Waals surface area contributed by atoms with Crippen LogP contribution in [0.4, 0.5) is 0 Å². The Hall–Kier alpha value is -1.98. The molecule has 0 spiro atoms. The van der Waals surface area contributed by atoms with E-state index < -0.39 is 6.61 Å². The van der Waals surface area contributed by atoms with Crippen molar-refractivity contribution in [2.45, 2.75) is 18.8 Å². The second-order valence-corrected chi connectivity index (χ2v) is 6.07. The summed E-state index contributed by atoms with van der Waals surface area (Å²) in [5.41, 5.74) is 2.61. The van der Waals surface area contributed by atoms with Gasteiger partial charge in [-0.15, -0.1) is 0 Å². The smallest absolute Gasteiger partial charge is 0.248 e. The van der Waals surface area contributed by atoms with Gasteiger partial charge in [0.15, 0.2) is 0 Å². The van der Waals surface area contributed by atoms with E-state index in [9.17, 15) is 4.79 Å². The molecule has 1 fully saturated rings. The largest absolute Gasteiger partial charge is 0.387 e. The Morgan fingerprint density at radius 1 is 1.35 bits per heavy atom. The fourth-order valence-electron chi connectivity index (χ4n) is 3.03. The first kappa shape index (κ1) is 15.9. The van der Waals surface area contributed by atoms with Crippen LogP contribution in [0.3, 0.4) is 0 Å². The van der Waals surface area contributed by atoms with Crippen LogP contribution >= 0.6 is 11.6 Å². The number of piperidine rings is 1. The van der Waals surface area contributed by atoms with E-state index in [0.717, 1.165) is 29.8 Å². The average Bonchev–Trinajstić information content (AvgIpc) is 2.61. The molecule has 0 bridgehead atoms. The number of aliphatic hydroxyl groups is 1. The topological polar surface area (TPSA) is 66.3 Å². The van der Waals surface area contributed by atoms with Crippen molar-refractivity contribution in [3.8, 4) is 11.3 Å². The minimum absolute atomic E-state index is 0.113. The van der Waals surface area contributed by atoms with Gasteiger partial charge in [0.2, 0.25) is 5.91 Å². The van der Waals surface area contributed by atoms with E-state index in [1.807, 2.05) is 24.3 Å². The highest BCUT2D eigenvalue weighted by molar-refractivity contribution is 6.30. The lowest BCUT2D eigenvalue weighted by Gasteiger charge is -2.32. The van der Waals surface area contributed by atoms with Crippen LogP contribution in [0.15, 0.2) is 36.7 Å². The van der Waals surface area contributed by atoms with Gasteiger partial charge in [-0.3, -0.25) is 14.8 Å². The summed E-state index contributed by atoms with van der Waals surface area (Å²) < 4.78 is 0. The van der Waals surface area contributed by atoms with Gasteiger partial charge < -0.3 is 10.0 Å². The first-order valence-electron chi connectivity index (χ1n) is 7.64. The standard InChI is InChI=1S/C17H18ClN3O2/c18-14-5-1-3-12(9-14)16-17(20-7-6-19-16)13-4-2-8-21(10-13)15(23)11-22/h1,3,5-7,9,13,22H,2,4,8,10-11H2/t13-/m0/s1. The van der Waals surface area contributed by atoms with Crippen molar-refractivity contribution in [1.82, 2.24) is 14.9 Å². The fraction of sp³-hybridized carbons (Fsp3) is 0.353. The number of halogens is 1. The lowest BCUT2D eigenvalue weighted by molar-refractivity contribution is -0.135. The molecule has 0 radical (unpaired) electrons. The first-order valence-corrected chi connectivity index (χ1v) is 8.02. The van der Waals surface area contributed by atoms with E-state index in [1.54, 1.807) is 17.3 Å². The highest BCUT2D eigenvalue weighted by atomic mass is 35.5. The van der Waals surface area contributed by atoms with Crippen LogP contribution in [-0.2, 0) is 4.79 Å². The number of nitrogens with zero attached hydrogens (tertiary/aromatic N) is 3. The summed E-state index contributed by atoms with van der Waals surface area (Å²) >= 11 is 6.09. The molecule has 3 rings (SSSR count). The second-order valence-electron chi connectivity index (χ2n) is 5.64. The van der Waals surface area contributed by atoms with E-state index in [0.29, 0.717) is 18.1 Å². The number of carbonyl (C=O) groups excluding carboxylic acids is 1. The van der Waals surface area contributed by atoms with Crippen LogP contribution in [0, 0.1) is 0 Å². The fourth-order valence-corrected chi connectivity index (χ4v) is 3.22. The Morgan fingerprint density at radius 3 is 2.96 bits per heavy atom. The van der Waals surface area contributed by atoms with Gasteiger partial charge >= 0.3 is 0 Å². The van der Waals surface area contributed by atoms with E-state index in [1.165, 1.54) is 0 Å². The molecule has 1 aliphatic rings. The van der Waals surface area contributed by atoms with Crippen molar-refractivity contribution in [3.63, 3.8) is 0 Å². The van der Waals surface area contributed by atoms with Crippen molar-refractivity contribution in [2.75, 3.05) is 19.7 Å². The lowest BCUT2D eigenvalue weighted by atomic mass is 9.91. The molecular formula is C17H18ClN3O2. The first-order chi connectivity index (χ1) is 11.2. The molecule has 23 heavy (non-hydrogen) atoms. The van der Waals surface area contributed by atoms with Gasteiger partial charge in [0.25, 0.3) is 0 Å². The number of hydrogen-bond acceptors (Lipinski definition) is 4. The Kier molecular flexibility index (Phi) is 4.88. The highest BCUT2D eigenvalue weighted by Crippen LogP contribution is 2.32. The molecule has 1 N–H and O–H groups in total. The number of hydrogen-bond donors (Lipinski definition) is 1. The SMILES string of the molecule is O=C(CO)N1CCC[C@H](c2nccnc2-c2cccc(Cl)c2)C1. The quantitative estimate of drug-likeness (QED) is 0.938. The van der Waals surface area contributed by atoms with Crippen molar-refractivity contribution >= 4 is 17.5 Å². The van der Waals surface area contributed by atoms with E-state index in [-0.39, 0.29) is 11.8 Å². The predicted molar refractivity (Wildman–Crippen MR) is 88.1 cm³/mol. The van der Waals surface area contributed by atoms with Gasteiger partial charge in [-0.2, -0.15) is 0 Å². The molecule has 1 aromatic carbocycles. The number of aromatic nitrogens is 2. The Morgan fingerprint density at radius 2 is 2.17 bits per heavy atom. The number of rotatable bonds is 3. The zero-order chi connectivity index (χ0) is 16.2. The molecule has 6 heteroatoms. The molecule has 0 saturated carbocycles. The van der Waals surface area contributed by atoms with Gasteiger partial charge in [-0.1, -0.05) is 23.7 Å². The number of benzene rings is 1. The van der Waals surface area contributed by atoms with E-state index in [2.05, 4.69) is 9.97 Å². The predicted octanol–water partition coefficient (Wildman–Crippen LogP) is 2.50. The molecule has 1 aliphatic heterocycles. The van der Waals surface area contributed by atoms with Crippen molar-refractivity contribution in [3.05, 3.63) is 47.4 Å². The van der Waals surface area contributed by atoms with Gasteiger partial charge in [0.1, 0.15) is 6.61 Å². The van der Waals surface area contributed by atoms with Crippen LogP contribution in [-0.4, -0.2) is 45.6 Å². The Bertz CT molecular complexity index is 708. The zero-order valence-corrected chi connectivity index (χ0v) is 13.4. The summed E-state index contributed by atoms with van der Waals surface area (Å²) in [6.45, 7) is 0.794. The minimum Gasteiger partial charge on any atom is -0.387 e. The molecule has 1 amide bonds. The number of carbonyl (C=O) groups is 1.